The molecule has 0 saturated carbocycles. The number of rotatable bonds is 4. The van der Waals surface area contributed by atoms with E-state index < -0.39 is 41.1 Å². The zero-order valence-electron chi connectivity index (χ0n) is 10.4. The summed E-state index contributed by atoms with van der Waals surface area (Å²) in [5.41, 5.74) is -4.35. The molecule has 0 fully saturated rings. The Morgan fingerprint density at radius 2 is 2.00 bits per heavy atom. The smallest absolute Gasteiger partial charge is 0.433 e. The molecule has 0 aromatic carbocycles. The summed E-state index contributed by atoms with van der Waals surface area (Å²) >= 11 is 0. The summed E-state index contributed by atoms with van der Waals surface area (Å²) in [6.07, 6.45) is -8.13. The fourth-order valence-corrected chi connectivity index (χ4v) is 1.52. The number of hydrogen-bond donors (Lipinski definition) is 0. The minimum absolute atomic E-state index is 0.186. The van der Waals surface area contributed by atoms with Gasteiger partial charge in [-0.3, -0.25) is 0 Å². The normalized spacial score (nSPS) is 11.6. The Morgan fingerprint density at radius 3 is 2.40 bits per heavy atom. The first-order chi connectivity index (χ1) is 9.23. The van der Waals surface area contributed by atoms with Gasteiger partial charge in [0.15, 0.2) is 11.4 Å². The monoisotopic (exact) mass is 299 g/mol. The molecular weight excluding hydrogens is 289 g/mol. The molecule has 0 aliphatic rings. The van der Waals surface area contributed by atoms with Crippen molar-refractivity contribution in [2.75, 3.05) is 13.7 Å². The van der Waals surface area contributed by atoms with Gasteiger partial charge in [0.25, 0.3) is 6.43 Å². The van der Waals surface area contributed by atoms with Gasteiger partial charge in [0.1, 0.15) is 5.56 Å². The van der Waals surface area contributed by atoms with Crippen LogP contribution in [0.5, 0.6) is 5.75 Å². The van der Waals surface area contributed by atoms with E-state index in [0.717, 1.165) is 7.11 Å². The summed E-state index contributed by atoms with van der Waals surface area (Å²) in [4.78, 5) is 14.5. The van der Waals surface area contributed by atoms with E-state index in [1.807, 2.05) is 0 Å². The van der Waals surface area contributed by atoms with Gasteiger partial charge in [0.2, 0.25) is 0 Å². The number of esters is 1. The molecule has 0 aliphatic heterocycles. The molecule has 4 nitrogen and oxygen atoms in total. The number of aromatic nitrogens is 1. The Kier molecular flexibility index (Phi) is 4.85. The van der Waals surface area contributed by atoms with Gasteiger partial charge in [-0.05, 0) is 6.92 Å². The van der Waals surface area contributed by atoms with E-state index >= 15 is 0 Å². The van der Waals surface area contributed by atoms with Gasteiger partial charge in [-0.2, -0.15) is 13.2 Å². The van der Waals surface area contributed by atoms with Crippen molar-refractivity contribution in [3.63, 3.8) is 0 Å². The van der Waals surface area contributed by atoms with Crippen LogP contribution in [0.4, 0.5) is 22.0 Å². The maximum Gasteiger partial charge on any atom is 0.433 e. The van der Waals surface area contributed by atoms with Crippen LogP contribution in [0.1, 0.15) is 35.0 Å². The van der Waals surface area contributed by atoms with Crippen LogP contribution in [0.15, 0.2) is 6.20 Å². The van der Waals surface area contributed by atoms with Gasteiger partial charge >= 0.3 is 12.1 Å². The topological polar surface area (TPSA) is 48.4 Å². The molecule has 0 bridgehead atoms. The SMILES string of the molecule is CCOC(=O)c1c(OC)cnc(C(F)(F)F)c1C(F)F. The maximum absolute atomic E-state index is 12.9. The molecule has 0 atom stereocenters. The number of carbonyl (C=O) groups excluding carboxylic acids is 1. The molecule has 0 unspecified atom stereocenters. The first-order valence-electron chi connectivity index (χ1n) is 5.33. The Bertz CT molecular complexity index is 502. The quantitative estimate of drug-likeness (QED) is 0.632. The molecule has 0 spiro atoms. The minimum Gasteiger partial charge on any atom is -0.494 e. The van der Waals surface area contributed by atoms with Crippen LogP contribution >= 0.6 is 0 Å². The molecule has 1 aromatic heterocycles. The predicted octanol–water partition coefficient (Wildman–Crippen LogP) is 3.22. The van der Waals surface area contributed by atoms with E-state index in [4.69, 9.17) is 0 Å². The van der Waals surface area contributed by atoms with Crippen molar-refractivity contribution in [1.82, 2.24) is 4.98 Å². The Balaban J connectivity index is 3.62. The Hall–Kier alpha value is -1.93. The van der Waals surface area contributed by atoms with Crippen molar-refractivity contribution in [2.45, 2.75) is 19.5 Å². The van der Waals surface area contributed by atoms with Crippen molar-refractivity contribution >= 4 is 5.97 Å². The van der Waals surface area contributed by atoms with E-state index in [1.165, 1.54) is 6.92 Å². The zero-order valence-corrected chi connectivity index (χ0v) is 10.4. The highest BCUT2D eigenvalue weighted by molar-refractivity contribution is 5.94. The minimum atomic E-state index is -5.13. The summed E-state index contributed by atoms with van der Waals surface area (Å²) in [5.74, 6) is -1.83. The van der Waals surface area contributed by atoms with Crippen LogP contribution in [0.2, 0.25) is 0 Å². The van der Waals surface area contributed by atoms with Crippen LogP contribution < -0.4 is 4.74 Å². The van der Waals surface area contributed by atoms with Crippen molar-refractivity contribution < 1.29 is 36.2 Å². The van der Waals surface area contributed by atoms with Crippen LogP contribution in [-0.4, -0.2) is 24.7 Å². The molecule has 0 aliphatic carbocycles. The maximum atomic E-state index is 12.9. The summed E-state index contributed by atoms with van der Waals surface area (Å²) in [5, 5.41) is 0. The molecule has 1 rings (SSSR count). The number of hydrogen-bond acceptors (Lipinski definition) is 4. The fourth-order valence-electron chi connectivity index (χ4n) is 1.52. The van der Waals surface area contributed by atoms with E-state index in [0.29, 0.717) is 6.20 Å². The number of alkyl halides is 5. The molecule has 0 saturated heterocycles. The van der Waals surface area contributed by atoms with E-state index in [-0.39, 0.29) is 6.61 Å². The largest absolute Gasteiger partial charge is 0.494 e. The Morgan fingerprint density at radius 1 is 1.40 bits per heavy atom. The molecule has 1 aromatic rings. The van der Waals surface area contributed by atoms with E-state index in [9.17, 15) is 26.7 Å². The van der Waals surface area contributed by atoms with Crippen molar-refractivity contribution in [3.05, 3.63) is 23.0 Å². The standard InChI is InChI=1S/C11H10F5NO3/c1-3-20-10(18)6-5(19-2)4-17-8(11(14,15)16)7(6)9(12)13/h4,9H,3H2,1-2H3. The lowest BCUT2D eigenvalue weighted by Gasteiger charge is -2.17. The third-order valence-corrected chi connectivity index (χ3v) is 2.27. The van der Waals surface area contributed by atoms with Gasteiger partial charge in [-0.1, -0.05) is 0 Å². The first kappa shape index (κ1) is 16.1. The lowest BCUT2D eigenvalue weighted by molar-refractivity contribution is -0.143. The highest BCUT2D eigenvalue weighted by Gasteiger charge is 2.41. The lowest BCUT2D eigenvalue weighted by Crippen LogP contribution is -2.19. The third kappa shape index (κ3) is 3.14. The van der Waals surface area contributed by atoms with Gasteiger partial charge in [0, 0.05) is 0 Å². The van der Waals surface area contributed by atoms with Crippen molar-refractivity contribution in [2.24, 2.45) is 0 Å². The average Bonchev–Trinajstić information content (AvgIpc) is 2.35. The van der Waals surface area contributed by atoms with Gasteiger partial charge < -0.3 is 9.47 Å². The number of methoxy groups -OCH3 is 1. The van der Waals surface area contributed by atoms with Gasteiger partial charge in [-0.25, -0.2) is 18.6 Å². The second kappa shape index (κ2) is 6.02. The number of halogens is 5. The van der Waals surface area contributed by atoms with E-state index in [2.05, 4.69) is 14.5 Å². The molecule has 20 heavy (non-hydrogen) atoms. The van der Waals surface area contributed by atoms with Crippen LogP contribution in [-0.2, 0) is 10.9 Å². The number of pyridine rings is 1. The number of ether oxygens (including phenoxy) is 2. The van der Waals surface area contributed by atoms with E-state index in [1.54, 1.807) is 0 Å². The first-order valence-corrected chi connectivity index (χ1v) is 5.33. The third-order valence-electron chi connectivity index (χ3n) is 2.27. The summed E-state index contributed by atoms with van der Waals surface area (Å²) < 4.78 is 73.0. The summed E-state index contributed by atoms with van der Waals surface area (Å²) in [7, 11) is 1.02. The second-order valence-corrected chi connectivity index (χ2v) is 3.48. The van der Waals surface area contributed by atoms with Gasteiger partial charge in [0.05, 0.1) is 25.5 Å². The van der Waals surface area contributed by atoms with Crippen LogP contribution in [0.25, 0.3) is 0 Å². The zero-order chi connectivity index (χ0) is 15.5. The average molecular weight is 299 g/mol. The molecule has 1 heterocycles. The molecular formula is C11H10F5NO3. The van der Waals surface area contributed by atoms with Crippen LogP contribution in [0.3, 0.4) is 0 Å². The van der Waals surface area contributed by atoms with Crippen molar-refractivity contribution in [1.29, 1.82) is 0 Å². The van der Waals surface area contributed by atoms with Crippen LogP contribution in [0, 0.1) is 0 Å². The molecule has 112 valence electrons. The fraction of sp³-hybridized carbons (Fsp3) is 0.455. The Labute approximate surface area is 110 Å². The number of nitrogens with zero attached hydrogens (tertiary/aromatic N) is 1. The summed E-state index contributed by atoms with van der Waals surface area (Å²) in [6, 6.07) is 0. The lowest BCUT2D eigenvalue weighted by atomic mass is 10.1. The summed E-state index contributed by atoms with van der Waals surface area (Å²) in [6.45, 7) is 1.20. The number of carbonyl (C=O) groups is 1. The highest BCUT2D eigenvalue weighted by Crippen LogP contribution is 2.39. The molecule has 9 heteroatoms. The van der Waals surface area contributed by atoms with Gasteiger partial charge in [-0.15, -0.1) is 0 Å². The highest BCUT2D eigenvalue weighted by atomic mass is 19.4. The second-order valence-electron chi connectivity index (χ2n) is 3.48. The molecule has 0 amide bonds. The molecule has 0 N–H and O–H groups in total. The molecule has 0 radical (unpaired) electrons. The van der Waals surface area contributed by atoms with Crippen molar-refractivity contribution in [3.8, 4) is 5.75 Å². The predicted molar refractivity (Wildman–Crippen MR) is 56.7 cm³/mol.